The number of rotatable bonds is 3. The van der Waals surface area contributed by atoms with Crippen molar-refractivity contribution < 1.29 is 14.3 Å². The Hall–Kier alpha value is -2.85. The summed E-state index contributed by atoms with van der Waals surface area (Å²) < 4.78 is 5.81. The fraction of sp³-hybridized carbons (Fsp3) is 0.0625. The first-order valence-corrected chi connectivity index (χ1v) is 7.73. The molecule has 3 rings (SSSR count). The van der Waals surface area contributed by atoms with Crippen LogP contribution in [0.5, 0.6) is 0 Å². The fourth-order valence-electron chi connectivity index (χ4n) is 2.21. The molecular formula is C16H10BrN3O3. The second kappa shape index (κ2) is 6.10. The Morgan fingerprint density at radius 3 is 2.70 bits per heavy atom. The predicted molar refractivity (Wildman–Crippen MR) is 88.4 cm³/mol. The molecule has 0 radical (unpaired) electrons. The van der Waals surface area contributed by atoms with Gasteiger partial charge in [-0.1, -0.05) is 15.9 Å². The molecule has 0 bridgehead atoms. The summed E-state index contributed by atoms with van der Waals surface area (Å²) in [6.45, 7) is 0. The van der Waals surface area contributed by atoms with Crippen molar-refractivity contribution in [1.29, 1.82) is 5.26 Å². The SMILES string of the molecule is N#Cc1cc(CBr)c2oc(-c3ccc(NC(=O)O)cc3)nc2c1. The molecule has 2 N–H and O–H groups in total. The van der Waals surface area contributed by atoms with Gasteiger partial charge in [0.1, 0.15) is 5.52 Å². The van der Waals surface area contributed by atoms with E-state index in [0.29, 0.717) is 33.6 Å². The number of anilines is 1. The van der Waals surface area contributed by atoms with Gasteiger partial charge in [0.15, 0.2) is 5.58 Å². The molecular weight excluding hydrogens is 362 g/mol. The monoisotopic (exact) mass is 371 g/mol. The number of nitrogens with zero attached hydrogens (tertiary/aromatic N) is 2. The summed E-state index contributed by atoms with van der Waals surface area (Å²) in [6.07, 6.45) is -1.12. The van der Waals surface area contributed by atoms with Crippen molar-refractivity contribution in [3.8, 4) is 17.5 Å². The molecule has 0 aliphatic rings. The quantitative estimate of drug-likeness (QED) is 0.666. The zero-order valence-electron chi connectivity index (χ0n) is 11.7. The number of hydrogen-bond acceptors (Lipinski definition) is 4. The van der Waals surface area contributed by atoms with Crippen molar-refractivity contribution in [1.82, 2.24) is 4.98 Å². The minimum Gasteiger partial charge on any atom is -0.465 e. The highest BCUT2D eigenvalue weighted by molar-refractivity contribution is 9.08. The first-order valence-electron chi connectivity index (χ1n) is 6.60. The molecule has 0 aliphatic heterocycles. The molecule has 1 amide bonds. The van der Waals surface area contributed by atoms with Gasteiger partial charge in [-0.3, -0.25) is 5.32 Å². The molecule has 0 unspecified atom stereocenters. The zero-order valence-corrected chi connectivity index (χ0v) is 13.3. The van der Waals surface area contributed by atoms with Crippen LogP contribution in [-0.4, -0.2) is 16.2 Å². The maximum Gasteiger partial charge on any atom is 0.409 e. The van der Waals surface area contributed by atoms with E-state index in [-0.39, 0.29) is 0 Å². The number of alkyl halides is 1. The number of aromatic nitrogens is 1. The number of hydrogen-bond donors (Lipinski definition) is 2. The van der Waals surface area contributed by atoms with E-state index < -0.39 is 6.09 Å². The van der Waals surface area contributed by atoms with E-state index in [1.165, 1.54) is 0 Å². The lowest BCUT2D eigenvalue weighted by Crippen LogP contribution is -2.06. The third-order valence-electron chi connectivity index (χ3n) is 3.22. The number of benzene rings is 2. The molecule has 0 aliphatic carbocycles. The third-order valence-corrected chi connectivity index (χ3v) is 3.83. The van der Waals surface area contributed by atoms with Crippen LogP contribution < -0.4 is 5.32 Å². The summed E-state index contributed by atoms with van der Waals surface area (Å²) in [5.74, 6) is 0.416. The van der Waals surface area contributed by atoms with Crippen LogP contribution in [0.4, 0.5) is 10.5 Å². The number of oxazole rings is 1. The van der Waals surface area contributed by atoms with Gasteiger partial charge in [0.25, 0.3) is 0 Å². The molecule has 0 saturated carbocycles. The molecule has 114 valence electrons. The van der Waals surface area contributed by atoms with Gasteiger partial charge in [0, 0.05) is 22.1 Å². The molecule has 1 heterocycles. The lowest BCUT2D eigenvalue weighted by molar-refractivity contribution is 0.210. The molecule has 0 saturated heterocycles. The Bertz CT molecular complexity index is 926. The number of carbonyl (C=O) groups is 1. The van der Waals surface area contributed by atoms with Gasteiger partial charge in [-0.25, -0.2) is 9.78 Å². The van der Waals surface area contributed by atoms with Crippen molar-refractivity contribution in [2.24, 2.45) is 0 Å². The standard InChI is InChI=1S/C16H10BrN3O3/c17-7-11-5-9(8-18)6-13-14(11)23-15(20-13)10-1-3-12(4-2-10)19-16(21)22/h1-6,19H,7H2,(H,21,22). The highest BCUT2D eigenvalue weighted by atomic mass is 79.9. The molecule has 1 aromatic heterocycles. The second-order valence-electron chi connectivity index (χ2n) is 4.76. The number of carboxylic acid groups (broad SMARTS) is 1. The van der Waals surface area contributed by atoms with E-state index in [2.05, 4.69) is 32.3 Å². The van der Waals surface area contributed by atoms with Crippen molar-refractivity contribution in [3.05, 3.63) is 47.5 Å². The van der Waals surface area contributed by atoms with Gasteiger partial charge >= 0.3 is 6.09 Å². The molecule has 23 heavy (non-hydrogen) atoms. The molecule has 0 spiro atoms. The fourth-order valence-corrected chi connectivity index (χ4v) is 2.63. The van der Waals surface area contributed by atoms with E-state index in [1.807, 2.05) is 0 Å². The van der Waals surface area contributed by atoms with Crippen molar-refractivity contribution >= 4 is 38.8 Å². The summed E-state index contributed by atoms with van der Waals surface area (Å²) in [7, 11) is 0. The van der Waals surface area contributed by atoms with E-state index in [0.717, 1.165) is 11.1 Å². The van der Waals surface area contributed by atoms with Crippen LogP contribution >= 0.6 is 15.9 Å². The third kappa shape index (κ3) is 3.03. The Balaban J connectivity index is 2.03. The summed E-state index contributed by atoms with van der Waals surface area (Å²) in [5.41, 5.74) is 3.79. The molecule has 0 fully saturated rings. The molecule has 2 aromatic carbocycles. The van der Waals surface area contributed by atoms with Crippen LogP contribution in [0.15, 0.2) is 40.8 Å². The van der Waals surface area contributed by atoms with Gasteiger partial charge < -0.3 is 9.52 Å². The number of nitriles is 1. The summed E-state index contributed by atoms with van der Waals surface area (Å²) >= 11 is 3.38. The topological polar surface area (TPSA) is 99.2 Å². The number of amides is 1. The van der Waals surface area contributed by atoms with E-state index >= 15 is 0 Å². The van der Waals surface area contributed by atoms with E-state index in [4.69, 9.17) is 14.8 Å². The van der Waals surface area contributed by atoms with Crippen LogP contribution in [0.2, 0.25) is 0 Å². The summed E-state index contributed by atoms with van der Waals surface area (Å²) in [4.78, 5) is 15.0. The minimum absolute atomic E-state index is 0.416. The predicted octanol–water partition coefficient (Wildman–Crippen LogP) is 4.35. The minimum atomic E-state index is -1.12. The number of halogens is 1. The van der Waals surface area contributed by atoms with Crippen molar-refractivity contribution in [2.45, 2.75) is 5.33 Å². The summed E-state index contributed by atoms with van der Waals surface area (Å²) in [5, 5.41) is 20.6. The number of fused-ring (bicyclic) bond motifs is 1. The summed E-state index contributed by atoms with van der Waals surface area (Å²) in [6, 6.07) is 12.2. The van der Waals surface area contributed by atoms with Crippen LogP contribution in [0.25, 0.3) is 22.6 Å². The Morgan fingerprint density at radius 2 is 2.09 bits per heavy atom. The van der Waals surface area contributed by atoms with E-state index in [1.54, 1.807) is 36.4 Å². The van der Waals surface area contributed by atoms with Gasteiger partial charge in [0.05, 0.1) is 11.6 Å². The average molecular weight is 372 g/mol. The van der Waals surface area contributed by atoms with Crippen molar-refractivity contribution in [3.63, 3.8) is 0 Å². The maximum absolute atomic E-state index is 10.6. The van der Waals surface area contributed by atoms with Gasteiger partial charge in [0.2, 0.25) is 5.89 Å². The molecule has 7 heteroatoms. The Labute approximate surface area is 139 Å². The average Bonchev–Trinajstić information content (AvgIpc) is 2.97. The lowest BCUT2D eigenvalue weighted by Gasteiger charge is -2.01. The number of nitrogens with one attached hydrogen (secondary N) is 1. The normalized spacial score (nSPS) is 10.4. The smallest absolute Gasteiger partial charge is 0.409 e. The molecule has 0 atom stereocenters. The first kappa shape index (κ1) is 15.1. The Morgan fingerprint density at radius 1 is 1.35 bits per heavy atom. The highest BCUT2D eigenvalue weighted by Crippen LogP contribution is 2.29. The second-order valence-corrected chi connectivity index (χ2v) is 5.32. The van der Waals surface area contributed by atoms with Gasteiger partial charge in [-0.2, -0.15) is 5.26 Å². The van der Waals surface area contributed by atoms with Crippen LogP contribution in [0.1, 0.15) is 11.1 Å². The lowest BCUT2D eigenvalue weighted by atomic mass is 10.1. The molecule has 6 nitrogen and oxygen atoms in total. The van der Waals surface area contributed by atoms with Crippen LogP contribution in [0.3, 0.4) is 0 Å². The largest absolute Gasteiger partial charge is 0.465 e. The molecule has 3 aromatic rings. The van der Waals surface area contributed by atoms with Gasteiger partial charge in [-0.05, 0) is 36.4 Å². The highest BCUT2D eigenvalue weighted by Gasteiger charge is 2.13. The van der Waals surface area contributed by atoms with Crippen molar-refractivity contribution in [2.75, 3.05) is 5.32 Å². The Kier molecular flexibility index (Phi) is 4.00. The van der Waals surface area contributed by atoms with E-state index in [9.17, 15) is 4.79 Å². The van der Waals surface area contributed by atoms with Crippen LogP contribution in [0, 0.1) is 11.3 Å². The van der Waals surface area contributed by atoms with Crippen LogP contribution in [-0.2, 0) is 5.33 Å². The maximum atomic E-state index is 10.6. The zero-order chi connectivity index (χ0) is 16.4. The first-order chi connectivity index (χ1) is 11.1. The van der Waals surface area contributed by atoms with Gasteiger partial charge in [-0.15, -0.1) is 0 Å².